The molecule has 1 aliphatic carbocycles. The molecule has 0 atom stereocenters. The van der Waals surface area contributed by atoms with E-state index in [-0.39, 0.29) is 0 Å². The van der Waals surface area contributed by atoms with Crippen molar-refractivity contribution in [2.45, 2.75) is 56.4 Å². The zero-order valence-corrected chi connectivity index (χ0v) is 11.4. The van der Waals surface area contributed by atoms with Crippen LogP contribution in [0.15, 0.2) is 23.1 Å². The fourth-order valence-corrected chi connectivity index (χ4v) is 4.36. The highest BCUT2D eigenvalue weighted by Gasteiger charge is 2.29. The van der Waals surface area contributed by atoms with E-state index >= 15 is 0 Å². The zero-order valence-electron chi connectivity index (χ0n) is 10.6. The molecule has 1 aromatic carbocycles. The Morgan fingerprint density at radius 1 is 1.24 bits per heavy atom. The van der Waals surface area contributed by atoms with Gasteiger partial charge < -0.3 is 4.90 Å². The molecule has 92 valence electrons. The Balaban J connectivity index is 1.91. The van der Waals surface area contributed by atoms with Crippen LogP contribution < -0.4 is 4.90 Å². The fourth-order valence-electron chi connectivity index (χ4n) is 3.18. The summed E-state index contributed by atoms with van der Waals surface area (Å²) in [5, 5.41) is 0. The molecule has 2 aliphatic rings. The van der Waals surface area contributed by atoms with Gasteiger partial charge in [-0.1, -0.05) is 38.3 Å². The number of hydrogen-bond acceptors (Lipinski definition) is 2. The van der Waals surface area contributed by atoms with E-state index in [4.69, 9.17) is 0 Å². The summed E-state index contributed by atoms with van der Waals surface area (Å²) < 4.78 is 0. The van der Waals surface area contributed by atoms with Crippen molar-refractivity contribution in [1.82, 2.24) is 0 Å². The van der Waals surface area contributed by atoms with E-state index in [1.54, 1.807) is 5.69 Å². The van der Waals surface area contributed by atoms with Crippen LogP contribution in [0.4, 0.5) is 5.69 Å². The van der Waals surface area contributed by atoms with E-state index in [1.165, 1.54) is 48.4 Å². The lowest BCUT2D eigenvalue weighted by atomic mass is 9.93. The van der Waals surface area contributed by atoms with Crippen molar-refractivity contribution in [3.8, 4) is 0 Å². The van der Waals surface area contributed by atoms with Gasteiger partial charge in [-0.15, -0.1) is 11.8 Å². The molecule has 1 heterocycles. The standard InChI is InChI=1S/C15H21NS/c1-2-12-7-6-10-14-15(12)16(11-17-14)13-8-4-3-5-9-13/h6-7,10,13H,2-5,8-9,11H2,1H3. The number of aryl methyl sites for hydroxylation is 1. The third-order valence-corrected chi connectivity index (χ3v) is 5.17. The summed E-state index contributed by atoms with van der Waals surface area (Å²) in [5.74, 6) is 1.18. The summed E-state index contributed by atoms with van der Waals surface area (Å²) in [7, 11) is 0. The van der Waals surface area contributed by atoms with Crippen molar-refractivity contribution in [3.05, 3.63) is 23.8 Å². The predicted molar refractivity (Wildman–Crippen MR) is 75.9 cm³/mol. The van der Waals surface area contributed by atoms with E-state index in [0.717, 1.165) is 12.5 Å². The van der Waals surface area contributed by atoms with Crippen LogP contribution in [0, 0.1) is 0 Å². The minimum absolute atomic E-state index is 0.810. The fraction of sp³-hybridized carbons (Fsp3) is 0.600. The van der Waals surface area contributed by atoms with Crippen molar-refractivity contribution in [1.29, 1.82) is 0 Å². The Morgan fingerprint density at radius 2 is 2.06 bits per heavy atom. The highest BCUT2D eigenvalue weighted by Crippen LogP contribution is 2.44. The first-order chi connectivity index (χ1) is 8.40. The highest BCUT2D eigenvalue weighted by molar-refractivity contribution is 7.99. The molecule has 1 nitrogen and oxygen atoms in total. The number of thioether (sulfide) groups is 1. The largest absolute Gasteiger partial charge is 0.358 e. The van der Waals surface area contributed by atoms with Crippen LogP contribution in [0.2, 0.25) is 0 Å². The van der Waals surface area contributed by atoms with Gasteiger partial charge in [0.05, 0.1) is 11.6 Å². The predicted octanol–water partition coefficient (Wildman–Crippen LogP) is 4.45. The first kappa shape index (κ1) is 11.5. The van der Waals surface area contributed by atoms with E-state index in [9.17, 15) is 0 Å². The normalized spacial score (nSPS) is 20.6. The first-order valence-corrected chi connectivity index (χ1v) is 7.90. The molecule has 0 saturated heterocycles. The molecule has 0 N–H and O–H groups in total. The molecule has 2 heteroatoms. The molecule has 1 aromatic rings. The number of hydrogen-bond donors (Lipinski definition) is 0. The van der Waals surface area contributed by atoms with Gasteiger partial charge >= 0.3 is 0 Å². The summed E-state index contributed by atoms with van der Waals surface area (Å²) in [6.07, 6.45) is 8.26. The second-order valence-corrected chi connectivity index (χ2v) is 6.14. The molecule has 0 aromatic heterocycles. The molecule has 17 heavy (non-hydrogen) atoms. The molecule has 0 unspecified atom stereocenters. The summed E-state index contributed by atoms with van der Waals surface area (Å²) in [6, 6.07) is 7.63. The van der Waals surface area contributed by atoms with Gasteiger partial charge in [-0.25, -0.2) is 0 Å². The monoisotopic (exact) mass is 247 g/mol. The Bertz CT molecular complexity index is 396. The van der Waals surface area contributed by atoms with Crippen LogP contribution >= 0.6 is 11.8 Å². The van der Waals surface area contributed by atoms with Crippen molar-refractivity contribution >= 4 is 17.4 Å². The van der Waals surface area contributed by atoms with Crippen molar-refractivity contribution in [3.63, 3.8) is 0 Å². The minimum atomic E-state index is 0.810. The van der Waals surface area contributed by atoms with E-state index in [2.05, 4.69) is 30.0 Å². The molecule has 0 bridgehead atoms. The third-order valence-electron chi connectivity index (χ3n) is 4.13. The van der Waals surface area contributed by atoms with Gasteiger partial charge in [0.1, 0.15) is 0 Å². The minimum Gasteiger partial charge on any atom is -0.358 e. The lowest BCUT2D eigenvalue weighted by Gasteiger charge is -2.33. The third kappa shape index (κ3) is 2.08. The van der Waals surface area contributed by atoms with Gasteiger partial charge in [0.15, 0.2) is 0 Å². The molecule has 1 aliphatic heterocycles. The van der Waals surface area contributed by atoms with Crippen LogP contribution in [-0.4, -0.2) is 11.9 Å². The maximum absolute atomic E-state index is 2.69. The second kappa shape index (κ2) is 4.93. The molecule has 3 rings (SSSR count). The number of para-hydroxylation sites is 1. The van der Waals surface area contributed by atoms with Gasteiger partial charge in [0, 0.05) is 10.9 Å². The molecule has 0 radical (unpaired) electrons. The average Bonchev–Trinajstić information content (AvgIpc) is 2.83. The highest BCUT2D eigenvalue weighted by atomic mass is 32.2. The van der Waals surface area contributed by atoms with Crippen LogP contribution in [0.5, 0.6) is 0 Å². The molecular formula is C15H21NS. The number of anilines is 1. The average molecular weight is 247 g/mol. The zero-order chi connectivity index (χ0) is 11.7. The number of fused-ring (bicyclic) bond motifs is 1. The molecule has 0 amide bonds. The second-order valence-electron chi connectivity index (χ2n) is 5.15. The Morgan fingerprint density at radius 3 is 2.82 bits per heavy atom. The first-order valence-electron chi connectivity index (χ1n) is 6.91. The Hall–Kier alpha value is -0.630. The molecule has 1 saturated carbocycles. The Kier molecular flexibility index (Phi) is 3.32. The van der Waals surface area contributed by atoms with Gasteiger partial charge in [-0.05, 0) is 30.9 Å². The summed E-state index contributed by atoms with van der Waals surface area (Å²) in [5.41, 5.74) is 3.10. The van der Waals surface area contributed by atoms with Gasteiger partial charge in [0.2, 0.25) is 0 Å². The summed E-state index contributed by atoms with van der Waals surface area (Å²) >= 11 is 2.03. The number of benzene rings is 1. The maximum atomic E-state index is 2.69. The lowest BCUT2D eigenvalue weighted by Crippen LogP contribution is -2.35. The quantitative estimate of drug-likeness (QED) is 0.759. The SMILES string of the molecule is CCc1cccc2c1N(C1CCCCC1)CS2. The number of rotatable bonds is 2. The summed E-state index contributed by atoms with van der Waals surface area (Å²) in [4.78, 5) is 4.20. The molecular weight excluding hydrogens is 226 g/mol. The van der Waals surface area contributed by atoms with Gasteiger partial charge in [0.25, 0.3) is 0 Å². The van der Waals surface area contributed by atoms with Crippen LogP contribution in [-0.2, 0) is 6.42 Å². The van der Waals surface area contributed by atoms with E-state index < -0.39 is 0 Å². The van der Waals surface area contributed by atoms with Crippen molar-refractivity contribution < 1.29 is 0 Å². The lowest BCUT2D eigenvalue weighted by molar-refractivity contribution is 0.425. The van der Waals surface area contributed by atoms with Gasteiger partial charge in [-0.2, -0.15) is 0 Å². The summed E-state index contributed by atoms with van der Waals surface area (Å²) in [6.45, 7) is 2.28. The maximum Gasteiger partial charge on any atom is 0.0690 e. The van der Waals surface area contributed by atoms with E-state index in [0.29, 0.717) is 0 Å². The van der Waals surface area contributed by atoms with E-state index in [1.807, 2.05) is 11.8 Å². The molecule has 0 spiro atoms. The van der Waals surface area contributed by atoms with Crippen LogP contribution in [0.1, 0.15) is 44.6 Å². The molecule has 1 fully saturated rings. The van der Waals surface area contributed by atoms with Crippen molar-refractivity contribution in [2.75, 3.05) is 10.8 Å². The van der Waals surface area contributed by atoms with Crippen LogP contribution in [0.25, 0.3) is 0 Å². The van der Waals surface area contributed by atoms with Gasteiger partial charge in [-0.3, -0.25) is 0 Å². The number of nitrogens with zero attached hydrogens (tertiary/aromatic N) is 1. The Labute approximate surface area is 109 Å². The van der Waals surface area contributed by atoms with Crippen molar-refractivity contribution in [2.24, 2.45) is 0 Å². The topological polar surface area (TPSA) is 3.24 Å². The smallest absolute Gasteiger partial charge is 0.0690 e. The van der Waals surface area contributed by atoms with Crippen LogP contribution in [0.3, 0.4) is 0 Å².